The Labute approximate surface area is 438 Å². The summed E-state index contributed by atoms with van der Waals surface area (Å²) in [6.45, 7) is 0.989. The molecule has 3 heteroatoms. The van der Waals surface area contributed by atoms with Crippen LogP contribution in [0.5, 0.6) is 0 Å². The lowest BCUT2D eigenvalue weighted by molar-refractivity contribution is 0.108. The van der Waals surface area contributed by atoms with Gasteiger partial charge in [-0.2, -0.15) is 0 Å². The highest BCUT2D eigenvalue weighted by atomic mass is 35.5. The third-order valence-corrected chi connectivity index (χ3v) is 27.8. The predicted octanol–water partition coefficient (Wildman–Crippen LogP) is 20.0. The molecule has 1 fully saturated rings. The van der Waals surface area contributed by atoms with Gasteiger partial charge in [0, 0.05) is 18.2 Å². The van der Waals surface area contributed by atoms with Crippen LogP contribution in [-0.4, -0.2) is 23.7 Å². The molecule has 0 N–H and O–H groups in total. The highest BCUT2D eigenvalue weighted by molar-refractivity contribution is 6.82. The molecule has 30 aromatic carbocycles. The fourth-order valence-corrected chi connectivity index (χ4v) is 27.3. The van der Waals surface area contributed by atoms with Crippen molar-refractivity contribution in [2.45, 2.75) is 16.9 Å². The minimum atomic E-state index is -0.412. The highest BCUT2D eigenvalue weighted by Gasteiger charge is 2.75. The Bertz CT molecular complexity index is 7780. The number of carbonyl (C=O) groups excluding carboxylic acids is 1. The van der Waals surface area contributed by atoms with Crippen LogP contribution in [0.1, 0.15) is 44.2 Å². The van der Waals surface area contributed by atoms with Crippen molar-refractivity contribution < 1.29 is 4.79 Å². The molecule has 35 rings (SSSR count). The van der Waals surface area contributed by atoms with E-state index in [1.54, 1.807) is 313 Å². The Morgan fingerprint density at radius 2 is 0.519 bits per heavy atom. The van der Waals surface area contributed by atoms with Crippen LogP contribution in [0.15, 0.2) is 48.5 Å². The molecule has 336 valence electrons. The summed E-state index contributed by atoms with van der Waals surface area (Å²) in [6, 6.07) is 17.8. The summed E-state index contributed by atoms with van der Waals surface area (Å²) in [6.07, 6.45) is 0. The van der Waals surface area contributed by atoms with Crippen LogP contribution in [0.2, 0.25) is 0 Å². The number of halogens is 1. The van der Waals surface area contributed by atoms with Gasteiger partial charge in [0.05, 0.1) is 10.8 Å². The number of hydrogen-bond donors (Lipinski definition) is 0. The van der Waals surface area contributed by atoms with E-state index >= 15 is 0 Å². The number of hydrogen-bond acceptors (Lipinski definition) is 2. The van der Waals surface area contributed by atoms with E-state index in [9.17, 15) is 4.79 Å². The van der Waals surface area contributed by atoms with Crippen LogP contribution in [0.3, 0.4) is 0 Å². The van der Waals surface area contributed by atoms with Gasteiger partial charge in [-0.1, -0.05) is 36.4 Å². The van der Waals surface area contributed by atoms with E-state index in [0.717, 1.165) is 12.1 Å². The van der Waals surface area contributed by atoms with Gasteiger partial charge in [0.25, 0.3) is 5.24 Å². The van der Waals surface area contributed by atoms with E-state index in [2.05, 4.69) is 48.3 Å². The van der Waals surface area contributed by atoms with E-state index in [1.807, 2.05) is 12.1 Å². The van der Waals surface area contributed by atoms with Gasteiger partial charge in [0.15, 0.2) is 0 Å². The lowest BCUT2D eigenvalue weighted by Crippen LogP contribution is -2.51. The minimum absolute atomic E-state index is 0.0774. The first kappa shape index (κ1) is 31.3. The molecule has 2 spiro atoms. The van der Waals surface area contributed by atoms with E-state index in [1.165, 1.54) is 11.1 Å². The van der Waals surface area contributed by atoms with Crippen molar-refractivity contribution in [3.05, 3.63) is 81.9 Å². The summed E-state index contributed by atoms with van der Waals surface area (Å²) in [4.78, 5) is 15.1. The number of likely N-dealkylation sites (N-methyl/N-ethyl adjacent to an activating group) is 1. The van der Waals surface area contributed by atoms with Crippen molar-refractivity contribution in [3.8, 4) is 11.1 Å². The molecule has 1 heterocycles. The van der Waals surface area contributed by atoms with Gasteiger partial charge in [-0.15, -0.1) is 0 Å². The van der Waals surface area contributed by atoms with E-state index < -0.39 is 10.7 Å². The Morgan fingerprint density at radius 3 is 0.747 bits per heavy atom. The third-order valence-electron chi connectivity index (χ3n) is 27.6. The molecule has 1 atom stereocenters. The average Bonchev–Trinajstić information content (AvgIpc) is 1.45. The normalized spacial score (nSPS) is 22.5. The van der Waals surface area contributed by atoms with Crippen LogP contribution in [0.4, 0.5) is 0 Å². The van der Waals surface area contributed by atoms with Crippen molar-refractivity contribution >= 4 is 308 Å². The lowest BCUT2D eigenvalue weighted by atomic mass is 9.47. The first-order valence-corrected chi connectivity index (χ1v) is 29.4. The van der Waals surface area contributed by atoms with Crippen molar-refractivity contribution in [1.29, 1.82) is 0 Å². The average molecular weight is 992 g/mol. The maximum absolute atomic E-state index is 12.2. The van der Waals surface area contributed by atoms with Gasteiger partial charge in [-0.25, -0.2) is 0 Å². The number of benzene rings is 20. The maximum atomic E-state index is 12.2. The van der Waals surface area contributed by atoms with Crippen LogP contribution >= 0.6 is 11.6 Å². The Morgan fingerprint density at radius 1 is 0.316 bits per heavy atom. The topological polar surface area (TPSA) is 20.3 Å². The fraction of sp³-hybridized carbons (Fsp3) is 0.0658. The Balaban J connectivity index is 0.994. The summed E-state index contributed by atoms with van der Waals surface area (Å²) in [5.74, 6) is 0. The molecule has 1 aliphatic heterocycles. The molecule has 4 aliphatic carbocycles. The highest BCUT2D eigenvalue weighted by Crippen LogP contribution is 2.87. The second kappa shape index (κ2) is 7.40. The van der Waals surface area contributed by atoms with Crippen molar-refractivity contribution in [1.82, 2.24) is 4.90 Å². The van der Waals surface area contributed by atoms with Gasteiger partial charge in [0.2, 0.25) is 0 Å². The van der Waals surface area contributed by atoms with Gasteiger partial charge in [-0.3, -0.25) is 9.69 Å². The molecule has 1 saturated heterocycles. The monoisotopic (exact) mass is 991 g/mol. The molecular formula is C76H14ClNO. The first-order valence-electron chi connectivity index (χ1n) is 29.0. The number of likely N-dealkylation sites (tertiary alicyclic amines) is 1. The number of nitrogens with zero attached hydrogens (tertiary/aromatic N) is 1. The summed E-state index contributed by atoms with van der Waals surface area (Å²) < 4.78 is 0. The van der Waals surface area contributed by atoms with Crippen LogP contribution in [0, 0.1) is 0 Å². The van der Waals surface area contributed by atoms with Crippen molar-refractivity contribution in [3.63, 3.8) is 0 Å². The summed E-state index contributed by atoms with van der Waals surface area (Å²) >= 11 is 5.99. The number of rotatable bonds is 3. The summed E-state index contributed by atoms with van der Waals surface area (Å²) in [5.41, 5.74) is 10.5. The second-order valence-corrected chi connectivity index (χ2v) is 28.6. The number of carbonyl (C=O) groups is 1. The second-order valence-electron chi connectivity index (χ2n) is 28.3. The Hall–Kier alpha value is -9.18. The summed E-state index contributed by atoms with van der Waals surface area (Å²) in [7, 11) is 2.55. The zero-order valence-electron chi connectivity index (χ0n) is 40.6. The lowest BCUT2D eigenvalue weighted by Gasteiger charge is -2.52. The van der Waals surface area contributed by atoms with Crippen LogP contribution < -0.4 is 0 Å². The molecule has 1 unspecified atom stereocenters. The SMILES string of the molecule is CN1CC23c4c5c6c7c8c9c(c%10c%11c2c2c4c4c%12c5c5c6c6c8c8c%13c9c9c%10c%10c%11c%11c2c2c4c4c%12c%12c5c5c6c8c6c8c%13c9c9c%10c%10c%11c2c2c4c4c%12c5c6c5c8c9c%10c2c45)C73C1c1ccc(-c2ccc(C(=O)Cl)cc2)cc1. The third kappa shape index (κ3) is 1.82. The van der Waals surface area contributed by atoms with E-state index in [0.29, 0.717) is 5.56 Å². The summed E-state index contributed by atoms with van der Waals surface area (Å²) in [5, 5.41) is 88.5. The van der Waals surface area contributed by atoms with Gasteiger partial charge >= 0.3 is 0 Å². The molecular weight excluding hydrogens is 978 g/mol. The zero-order chi connectivity index (χ0) is 47.9. The van der Waals surface area contributed by atoms with Crippen molar-refractivity contribution in [2.75, 3.05) is 13.6 Å². The minimum Gasteiger partial charge on any atom is -0.297 e. The molecule has 5 aliphatic rings. The molecule has 79 heavy (non-hydrogen) atoms. The van der Waals surface area contributed by atoms with E-state index in [-0.39, 0.29) is 11.5 Å². The maximum Gasteiger partial charge on any atom is 0.252 e. The van der Waals surface area contributed by atoms with Crippen LogP contribution in [0.25, 0.3) is 302 Å². The zero-order valence-corrected chi connectivity index (χ0v) is 41.4. The molecule has 2 nitrogen and oxygen atoms in total. The molecule has 30 aromatic rings. The fourth-order valence-electron chi connectivity index (χ4n) is 27.2. The van der Waals surface area contributed by atoms with E-state index in [4.69, 9.17) is 11.6 Å². The Kier molecular flexibility index (Phi) is 2.93. The van der Waals surface area contributed by atoms with Crippen molar-refractivity contribution in [2.24, 2.45) is 0 Å². The first-order chi connectivity index (χ1) is 39.1. The standard InChI is InChI=1S/C76H14ClNO/c1-78-10-75-69-61-53-43-33-25-17-15-16-19-23-21(17)29-37-31(23)41-35-27(19)28-20(16)24-22-18(15)26(25)34-40-30(22)38-32(24)42-36(28)46-45(35)57-51(41)59-49(37)55(47(53)39(29)33)63(69)65(59)71-67(57)68-58(46)52(42)60-50(38)56-48(40)54(44(34)43)62(61)70(75)64(56)66(60)72(68)76(71,75)73(78)13-6-2-11(3-7-13)12-4-8-14(9-5-12)74(77)79/h2-9,73H,10H2,1H3. The molecule has 0 aromatic heterocycles. The molecule has 0 amide bonds. The largest absolute Gasteiger partial charge is 0.297 e. The van der Waals surface area contributed by atoms with Crippen LogP contribution in [-0.2, 0) is 10.8 Å². The molecule has 0 radical (unpaired) electrons. The molecule has 0 bridgehead atoms. The smallest absolute Gasteiger partial charge is 0.252 e. The van der Waals surface area contributed by atoms with Gasteiger partial charge in [-0.05, 0) is 361 Å². The quantitative estimate of drug-likeness (QED) is 0.130. The van der Waals surface area contributed by atoms with Gasteiger partial charge in [0.1, 0.15) is 0 Å². The predicted molar refractivity (Wildman–Crippen MR) is 331 cm³/mol. The molecule has 0 saturated carbocycles. The van der Waals surface area contributed by atoms with Gasteiger partial charge < -0.3 is 0 Å².